The van der Waals surface area contributed by atoms with Gasteiger partial charge in [-0.3, -0.25) is 9.69 Å². The maximum atomic E-state index is 10.7. The molecule has 0 atom stereocenters. The van der Waals surface area contributed by atoms with Crippen molar-refractivity contribution in [1.82, 2.24) is 15.0 Å². The van der Waals surface area contributed by atoms with Crippen molar-refractivity contribution in [3.05, 3.63) is 35.2 Å². The average molecular weight is 294 g/mol. The van der Waals surface area contributed by atoms with Crippen molar-refractivity contribution in [2.45, 2.75) is 6.54 Å². The van der Waals surface area contributed by atoms with E-state index in [0.717, 1.165) is 5.56 Å². The summed E-state index contributed by atoms with van der Waals surface area (Å²) in [6.45, 7) is 1.49. The van der Waals surface area contributed by atoms with E-state index < -0.39 is 5.97 Å². The molecule has 1 aliphatic heterocycles. The summed E-state index contributed by atoms with van der Waals surface area (Å²) in [6, 6.07) is 7.27. The molecule has 1 aromatic heterocycles. The highest BCUT2D eigenvalue weighted by molar-refractivity contribution is 6.33. The lowest BCUT2D eigenvalue weighted by Crippen LogP contribution is -2.49. The standard InChI is InChI=1S/C13H12ClN3O3/c14-10-4-2-1-3-9(10)12-15-11(20-16-12)7-17-5-8(6-17)13(18)19/h1-4,8H,5-7H2,(H,18,19). The van der Waals surface area contributed by atoms with Gasteiger partial charge in [0.2, 0.25) is 11.7 Å². The van der Waals surface area contributed by atoms with Gasteiger partial charge in [0.05, 0.1) is 17.5 Å². The SMILES string of the molecule is O=C(O)C1CN(Cc2nc(-c3ccccc3Cl)no2)C1. The Morgan fingerprint density at radius 3 is 2.90 bits per heavy atom. The van der Waals surface area contributed by atoms with Gasteiger partial charge < -0.3 is 9.63 Å². The van der Waals surface area contributed by atoms with E-state index in [1.165, 1.54) is 0 Å². The second-order valence-corrected chi connectivity index (χ2v) is 5.13. The lowest BCUT2D eigenvalue weighted by Gasteiger charge is -2.35. The smallest absolute Gasteiger partial charge is 0.309 e. The van der Waals surface area contributed by atoms with Crippen molar-refractivity contribution in [3.8, 4) is 11.4 Å². The first-order valence-corrected chi connectivity index (χ1v) is 6.54. The fraction of sp³-hybridized carbons (Fsp3) is 0.308. The first kappa shape index (κ1) is 13.1. The summed E-state index contributed by atoms with van der Waals surface area (Å²) in [6.07, 6.45) is 0. The van der Waals surface area contributed by atoms with Crippen LogP contribution in [0.25, 0.3) is 11.4 Å². The van der Waals surface area contributed by atoms with Crippen LogP contribution in [0.5, 0.6) is 0 Å². The van der Waals surface area contributed by atoms with E-state index >= 15 is 0 Å². The maximum Gasteiger partial charge on any atom is 0.309 e. The zero-order valence-corrected chi connectivity index (χ0v) is 11.2. The molecule has 0 amide bonds. The van der Waals surface area contributed by atoms with Crippen LogP contribution in [-0.4, -0.2) is 39.2 Å². The van der Waals surface area contributed by atoms with Crippen LogP contribution in [0.4, 0.5) is 0 Å². The number of benzene rings is 1. The molecule has 20 heavy (non-hydrogen) atoms. The molecule has 0 aliphatic carbocycles. The van der Waals surface area contributed by atoms with Crippen LogP contribution < -0.4 is 0 Å². The van der Waals surface area contributed by atoms with Crippen molar-refractivity contribution >= 4 is 17.6 Å². The van der Waals surface area contributed by atoms with Gasteiger partial charge in [-0.1, -0.05) is 28.9 Å². The molecule has 1 aliphatic rings. The highest BCUT2D eigenvalue weighted by Gasteiger charge is 2.33. The number of rotatable bonds is 4. The Morgan fingerprint density at radius 2 is 2.20 bits per heavy atom. The number of hydrogen-bond donors (Lipinski definition) is 1. The number of aliphatic carboxylic acids is 1. The summed E-state index contributed by atoms with van der Waals surface area (Å²) in [5.41, 5.74) is 0.719. The fourth-order valence-electron chi connectivity index (χ4n) is 2.12. The van der Waals surface area contributed by atoms with Gasteiger partial charge in [-0.25, -0.2) is 0 Å². The van der Waals surface area contributed by atoms with E-state index in [9.17, 15) is 4.79 Å². The normalized spacial score (nSPS) is 16.1. The largest absolute Gasteiger partial charge is 0.481 e. The average Bonchev–Trinajstić information content (AvgIpc) is 2.81. The summed E-state index contributed by atoms with van der Waals surface area (Å²) in [4.78, 5) is 16.9. The first-order valence-electron chi connectivity index (χ1n) is 6.16. The molecule has 3 rings (SSSR count). The molecule has 2 aromatic rings. The minimum absolute atomic E-state index is 0.291. The van der Waals surface area contributed by atoms with Crippen LogP contribution in [0.1, 0.15) is 5.89 Å². The minimum Gasteiger partial charge on any atom is -0.481 e. The van der Waals surface area contributed by atoms with Gasteiger partial charge in [-0.15, -0.1) is 0 Å². The molecule has 1 saturated heterocycles. The van der Waals surface area contributed by atoms with E-state index in [4.69, 9.17) is 21.2 Å². The van der Waals surface area contributed by atoms with Gasteiger partial charge in [-0.05, 0) is 12.1 Å². The molecule has 0 saturated carbocycles. The second kappa shape index (κ2) is 5.22. The molecule has 0 spiro atoms. The number of carbonyl (C=O) groups is 1. The van der Waals surface area contributed by atoms with Crippen LogP contribution in [0, 0.1) is 5.92 Å². The van der Waals surface area contributed by atoms with Crippen LogP contribution in [0.3, 0.4) is 0 Å². The summed E-state index contributed by atoms with van der Waals surface area (Å²) in [7, 11) is 0. The molecular weight excluding hydrogens is 282 g/mol. The third kappa shape index (κ3) is 2.52. The summed E-state index contributed by atoms with van der Waals surface area (Å²) < 4.78 is 5.17. The number of carboxylic acid groups (broad SMARTS) is 1. The third-order valence-corrected chi connectivity index (χ3v) is 3.58. The van der Waals surface area contributed by atoms with E-state index in [1.807, 2.05) is 23.1 Å². The second-order valence-electron chi connectivity index (χ2n) is 4.72. The highest BCUT2D eigenvalue weighted by atomic mass is 35.5. The number of likely N-dealkylation sites (tertiary alicyclic amines) is 1. The predicted octanol–water partition coefficient (Wildman–Crippen LogP) is 1.91. The van der Waals surface area contributed by atoms with Crippen molar-refractivity contribution in [3.63, 3.8) is 0 Å². The minimum atomic E-state index is -0.761. The molecule has 6 nitrogen and oxygen atoms in total. The zero-order valence-electron chi connectivity index (χ0n) is 10.5. The Labute approximate surface area is 120 Å². The fourth-order valence-corrected chi connectivity index (χ4v) is 2.34. The van der Waals surface area contributed by atoms with Gasteiger partial charge in [0, 0.05) is 18.7 Å². The number of carboxylic acids is 1. The number of aromatic nitrogens is 2. The third-order valence-electron chi connectivity index (χ3n) is 3.25. The topological polar surface area (TPSA) is 79.5 Å². The Morgan fingerprint density at radius 1 is 1.45 bits per heavy atom. The summed E-state index contributed by atoms with van der Waals surface area (Å²) in [5, 5.41) is 13.3. The maximum absolute atomic E-state index is 10.7. The van der Waals surface area contributed by atoms with Crippen molar-refractivity contribution < 1.29 is 14.4 Å². The van der Waals surface area contributed by atoms with Crippen LogP contribution in [0.15, 0.2) is 28.8 Å². The van der Waals surface area contributed by atoms with Crippen LogP contribution >= 0.6 is 11.6 Å². The predicted molar refractivity (Wildman–Crippen MR) is 71.1 cm³/mol. The molecule has 2 heterocycles. The van der Waals surface area contributed by atoms with E-state index in [2.05, 4.69) is 10.1 Å². The Bertz CT molecular complexity index is 637. The molecule has 0 radical (unpaired) electrons. The molecule has 0 bridgehead atoms. The molecule has 1 N–H and O–H groups in total. The Kier molecular flexibility index (Phi) is 3.42. The monoisotopic (exact) mass is 293 g/mol. The Hall–Kier alpha value is -1.92. The van der Waals surface area contributed by atoms with Crippen LogP contribution in [0.2, 0.25) is 5.02 Å². The summed E-state index contributed by atoms with van der Waals surface area (Å²) >= 11 is 6.07. The van der Waals surface area contributed by atoms with E-state index in [1.54, 1.807) is 6.07 Å². The lowest BCUT2D eigenvalue weighted by molar-refractivity contribution is -0.147. The quantitative estimate of drug-likeness (QED) is 0.927. The highest BCUT2D eigenvalue weighted by Crippen LogP contribution is 2.25. The molecule has 7 heteroatoms. The number of nitrogens with zero attached hydrogens (tertiary/aromatic N) is 3. The van der Waals surface area contributed by atoms with Crippen molar-refractivity contribution in [1.29, 1.82) is 0 Å². The van der Waals surface area contributed by atoms with Crippen molar-refractivity contribution in [2.24, 2.45) is 5.92 Å². The molecular formula is C13H12ClN3O3. The van der Waals surface area contributed by atoms with Gasteiger partial charge >= 0.3 is 5.97 Å². The zero-order chi connectivity index (χ0) is 14.1. The number of hydrogen-bond acceptors (Lipinski definition) is 5. The molecule has 1 fully saturated rings. The molecule has 104 valence electrons. The van der Waals surface area contributed by atoms with E-state index in [-0.39, 0.29) is 5.92 Å². The van der Waals surface area contributed by atoms with Gasteiger partial charge in [0.1, 0.15) is 0 Å². The first-order chi connectivity index (χ1) is 9.63. The number of halogens is 1. The van der Waals surface area contributed by atoms with Gasteiger partial charge in [0.25, 0.3) is 0 Å². The summed E-state index contributed by atoms with van der Waals surface area (Å²) in [5.74, 6) is -0.144. The molecule has 0 unspecified atom stereocenters. The van der Waals surface area contributed by atoms with Crippen molar-refractivity contribution in [2.75, 3.05) is 13.1 Å². The molecule has 1 aromatic carbocycles. The van der Waals surface area contributed by atoms with E-state index in [0.29, 0.717) is 36.4 Å². The lowest BCUT2D eigenvalue weighted by atomic mass is 10.0. The van der Waals surface area contributed by atoms with Crippen LogP contribution in [-0.2, 0) is 11.3 Å². The van der Waals surface area contributed by atoms with Gasteiger partial charge in [0.15, 0.2) is 0 Å². The van der Waals surface area contributed by atoms with Gasteiger partial charge in [-0.2, -0.15) is 4.98 Å². The Balaban J connectivity index is 1.66.